The third-order valence-corrected chi connectivity index (χ3v) is 4.10. The van der Waals surface area contributed by atoms with Crippen LogP contribution >= 0.6 is 15.9 Å². The molecule has 0 fully saturated rings. The van der Waals surface area contributed by atoms with Crippen LogP contribution in [0, 0.1) is 11.6 Å². The Morgan fingerprint density at radius 3 is 2.75 bits per heavy atom. The number of fused-ring (bicyclic) bond motifs is 1. The average molecular weight is 342 g/mol. The summed E-state index contributed by atoms with van der Waals surface area (Å²) in [6, 6.07) is 7.45. The number of hydrogen-bond donors (Lipinski definition) is 1. The van der Waals surface area contributed by atoms with Crippen molar-refractivity contribution in [2.45, 2.75) is 12.6 Å². The molecule has 1 N–H and O–H groups in total. The second-order valence-electron chi connectivity index (χ2n) is 4.68. The van der Waals surface area contributed by atoms with E-state index in [9.17, 15) is 13.2 Å². The Morgan fingerprint density at radius 2 is 1.95 bits per heavy atom. The first-order chi connectivity index (χ1) is 9.59. The molecule has 20 heavy (non-hydrogen) atoms. The number of rotatable bonds is 2. The largest absolute Gasteiger partial charge is 0.384 e. The molecule has 1 aliphatic heterocycles. The summed E-state index contributed by atoms with van der Waals surface area (Å²) in [5.41, 5.74) is 1.34. The van der Waals surface area contributed by atoms with Gasteiger partial charge in [-0.25, -0.2) is 13.2 Å². The zero-order valence-corrected chi connectivity index (χ0v) is 12.0. The maximum Gasteiger partial charge on any atom is 0.158 e. The van der Waals surface area contributed by atoms with E-state index < -0.39 is 23.4 Å². The van der Waals surface area contributed by atoms with E-state index in [2.05, 4.69) is 21.2 Å². The fourth-order valence-corrected chi connectivity index (χ4v) is 2.85. The number of benzene rings is 2. The van der Waals surface area contributed by atoms with Crippen molar-refractivity contribution in [2.75, 3.05) is 11.9 Å². The summed E-state index contributed by atoms with van der Waals surface area (Å²) in [6.45, 7) is 0.711. The lowest BCUT2D eigenvalue weighted by Gasteiger charge is -2.15. The first-order valence-electron chi connectivity index (χ1n) is 6.22. The van der Waals surface area contributed by atoms with Gasteiger partial charge >= 0.3 is 0 Å². The molecule has 1 nitrogen and oxygen atoms in total. The molecule has 1 unspecified atom stereocenters. The number of halogens is 4. The molecule has 2 aromatic carbocycles. The number of nitrogens with one attached hydrogen (secondary N) is 1. The van der Waals surface area contributed by atoms with Gasteiger partial charge in [0.2, 0.25) is 0 Å². The van der Waals surface area contributed by atoms with Gasteiger partial charge in [0.25, 0.3) is 0 Å². The molecule has 3 rings (SSSR count). The van der Waals surface area contributed by atoms with Crippen LogP contribution in [-0.2, 0) is 6.42 Å². The van der Waals surface area contributed by atoms with Crippen molar-refractivity contribution in [3.05, 3.63) is 63.1 Å². The minimum absolute atomic E-state index is 0.0529. The van der Waals surface area contributed by atoms with E-state index in [1.807, 2.05) is 6.07 Å². The van der Waals surface area contributed by atoms with E-state index in [-0.39, 0.29) is 10.0 Å². The highest BCUT2D eigenvalue weighted by Gasteiger charge is 2.27. The third-order valence-electron chi connectivity index (χ3n) is 3.49. The van der Waals surface area contributed by atoms with Crippen molar-refractivity contribution in [3.63, 3.8) is 0 Å². The fraction of sp³-hybridized carbons (Fsp3) is 0.200. The molecule has 1 heterocycles. The molecule has 0 spiro atoms. The lowest BCUT2D eigenvalue weighted by molar-refractivity contribution is 0.371. The van der Waals surface area contributed by atoms with E-state index >= 15 is 0 Å². The van der Waals surface area contributed by atoms with Gasteiger partial charge in [0.15, 0.2) is 6.17 Å². The topological polar surface area (TPSA) is 12.0 Å². The van der Waals surface area contributed by atoms with E-state index in [4.69, 9.17) is 0 Å². The zero-order valence-electron chi connectivity index (χ0n) is 10.4. The van der Waals surface area contributed by atoms with Gasteiger partial charge in [0, 0.05) is 17.8 Å². The SMILES string of the molecule is Fc1ccc(Br)c(F)c1C(F)c1cccc2c1NCC2. The lowest BCUT2D eigenvalue weighted by Crippen LogP contribution is -2.05. The molecule has 0 saturated heterocycles. The van der Waals surface area contributed by atoms with Crippen LogP contribution in [0.5, 0.6) is 0 Å². The summed E-state index contributed by atoms with van der Waals surface area (Å²) in [5.74, 6) is -1.78. The summed E-state index contributed by atoms with van der Waals surface area (Å²) in [7, 11) is 0. The summed E-state index contributed by atoms with van der Waals surface area (Å²) in [4.78, 5) is 0. The van der Waals surface area contributed by atoms with Crippen molar-refractivity contribution in [2.24, 2.45) is 0 Å². The van der Waals surface area contributed by atoms with Crippen LogP contribution in [0.3, 0.4) is 0 Å². The Kier molecular flexibility index (Phi) is 3.46. The monoisotopic (exact) mass is 341 g/mol. The second-order valence-corrected chi connectivity index (χ2v) is 5.53. The van der Waals surface area contributed by atoms with Gasteiger partial charge in [0.1, 0.15) is 11.6 Å². The predicted octanol–water partition coefficient (Wildman–Crippen LogP) is 4.75. The van der Waals surface area contributed by atoms with Crippen molar-refractivity contribution in [3.8, 4) is 0 Å². The standard InChI is InChI=1S/C15H11BrF3N/c16-10-4-5-11(17)12(14(10)19)13(18)9-3-1-2-8-6-7-20-15(8)9/h1-5,13,20H,6-7H2. The molecular formula is C15H11BrF3N. The molecule has 5 heteroatoms. The van der Waals surface area contributed by atoms with Crippen molar-refractivity contribution < 1.29 is 13.2 Å². The number of para-hydroxylation sites is 1. The van der Waals surface area contributed by atoms with Crippen LogP contribution in [0.1, 0.15) is 22.9 Å². The van der Waals surface area contributed by atoms with Crippen molar-refractivity contribution in [1.82, 2.24) is 0 Å². The Labute approximate surface area is 122 Å². The van der Waals surface area contributed by atoms with E-state index in [1.54, 1.807) is 12.1 Å². The van der Waals surface area contributed by atoms with E-state index in [0.29, 0.717) is 12.2 Å². The highest BCUT2D eigenvalue weighted by atomic mass is 79.9. The second kappa shape index (κ2) is 5.13. The smallest absolute Gasteiger partial charge is 0.158 e. The predicted molar refractivity (Wildman–Crippen MR) is 75.6 cm³/mol. The van der Waals surface area contributed by atoms with Gasteiger partial charge < -0.3 is 5.32 Å². The first-order valence-corrected chi connectivity index (χ1v) is 7.02. The lowest BCUT2D eigenvalue weighted by atomic mass is 9.98. The minimum atomic E-state index is -1.84. The van der Waals surface area contributed by atoms with E-state index in [1.165, 1.54) is 6.07 Å². The highest BCUT2D eigenvalue weighted by Crippen LogP contribution is 2.39. The highest BCUT2D eigenvalue weighted by molar-refractivity contribution is 9.10. The number of alkyl halides is 1. The molecular weight excluding hydrogens is 331 g/mol. The molecule has 0 aliphatic carbocycles. The minimum Gasteiger partial charge on any atom is -0.384 e. The van der Waals surface area contributed by atoms with Gasteiger partial charge in [-0.05, 0) is 40.0 Å². The quantitative estimate of drug-likeness (QED) is 0.777. The maximum atomic E-state index is 14.7. The summed E-state index contributed by atoms with van der Waals surface area (Å²) < 4.78 is 42.5. The Hall–Kier alpha value is -1.49. The summed E-state index contributed by atoms with van der Waals surface area (Å²) >= 11 is 2.96. The van der Waals surface area contributed by atoms with Crippen LogP contribution in [0.2, 0.25) is 0 Å². The van der Waals surface area contributed by atoms with Crippen molar-refractivity contribution in [1.29, 1.82) is 0 Å². The number of anilines is 1. The molecule has 1 atom stereocenters. The average Bonchev–Trinajstić information content (AvgIpc) is 2.91. The van der Waals surface area contributed by atoms with Gasteiger partial charge in [-0.3, -0.25) is 0 Å². The number of hydrogen-bond acceptors (Lipinski definition) is 1. The fourth-order valence-electron chi connectivity index (χ4n) is 2.51. The molecule has 104 valence electrons. The third kappa shape index (κ3) is 2.10. The van der Waals surface area contributed by atoms with Gasteiger partial charge in [-0.15, -0.1) is 0 Å². The van der Waals surface area contributed by atoms with Gasteiger partial charge in [-0.2, -0.15) is 0 Å². The van der Waals surface area contributed by atoms with Gasteiger partial charge in [0.05, 0.1) is 10.0 Å². The zero-order chi connectivity index (χ0) is 14.3. The molecule has 0 radical (unpaired) electrons. The van der Waals surface area contributed by atoms with Gasteiger partial charge in [-0.1, -0.05) is 18.2 Å². The molecule has 0 bridgehead atoms. The molecule has 0 saturated carbocycles. The van der Waals surface area contributed by atoms with Crippen LogP contribution in [0.25, 0.3) is 0 Å². The maximum absolute atomic E-state index is 14.7. The van der Waals surface area contributed by atoms with Crippen LogP contribution in [0.4, 0.5) is 18.9 Å². The van der Waals surface area contributed by atoms with Crippen LogP contribution in [-0.4, -0.2) is 6.54 Å². The Bertz CT molecular complexity index is 672. The molecule has 0 aromatic heterocycles. The Morgan fingerprint density at radius 1 is 1.15 bits per heavy atom. The summed E-state index contributed by atoms with van der Waals surface area (Å²) in [6.07, 6.45) is -1.05. The summed E-state index contributed by atoms with van der Waals surface area (Å²) in [5, 5.41) is 3.08. The molecule has 1 aliphatic rings. The van der Waals surface area contributed by atoms with Crippen LogP contribution < -0.4 is 5.32 Å². The Balaban J connectivity index is 2.13. The van der Waals surface area contributed by atoms with Crippen molar-refractivity contribution >= 4 is 21.6 Å². The van der Waals surface area contributed by atoms with Crippen LogP contribution in [0.15, 0.2) is 34.8 Å². The first kappa shape index (κ1) is 13.5. The molecule has 2 aromatic rings. The normalized spacial score (nSPS) is 14.8. The molecule has 0 amide bonds. The van der Waals surface area contributed by atoms with E-state index in [0.717, 1.165) is 18.1 Å².